The first-order valence-corrected chi connectivity index (χ1v) is 6.92. The Morgan fingerprint density at radius 2 is 1.80 bits per heavy atom. The summed E-state index contributed by atoms with van der Waals surface area (Å²) in [7, 11) is 1.87. The molecule has 0 radical (unpaired) electrons. The van der Waals surface area contributed by atoms with E-state index in [1.165, 1.54) is 0 Å². The monoisotopic (exact) mass is 298 g/mol. The Balaban J connectivity index is 3.05. The van der Waals surface area contributed by atoms with Gasteiger partial charge in [-0.15, -0.1) is 0 Å². The molecule has 0 aromatic heterocycles. The van der Waals surface area contributed by atoms with Gasteiger partial charge in [0, 0.05) is 10.6 Å². The van der Waals surface area contributed by atoms with Gasteiger partial charge in [-0.25, -0.2) is 4.79 Å². The Morgan fingerprint density at radius 1 is 1.20 bits per heavy atom. The van der Waals surface area contributed by atoms with Crippen LogP contribution in [-0.2, 0) is 10.3 Å². The normalized spacial score (nSPS) is 12.2. The van der Waals surface area contributed by atoms with E-state index in [4.69, 9.17) is 16.3 Å². The third kappa shape index (κ3) is 4.69. The Labute approximate surface area is 125 Å². The Bertz CT molecular complexity index is 493. The van der Waals surface area contributed by atoms with Crippen LogP contribution in [0.4, 0.5) is 10.5 Å². The van der Waals surface area contributed by atoms with Crippen LogP contribution < -0.4 is 10.6 Å². The number of halogens is 1. The third-order valence-electron chi connectivity index (χ3n) is 2.92. The van der Waals surface area contributed by atoms with Crippen molar-refractivity contribution in [1.82, 2.24) is 5.32 Å². The summed E-state index contributed by atoms with van der Waals surface area (Å²) in [5, 5.41) is 6.53. The van der Waals surface area contributed by atoms with Gasteiger partial charge < -0.3 is 10.1 Å². The van der Waals surface area contributed by atoms with Gasteiger partial charge in [0.15, 0.2) is 0 Å². The van der Waals surface area contributed by atoms with E-state index in [1.54, 1.807) is 12.1 Å². The van der Waals surface area contributed by atoms with Gasteiger partial charge in [0.25, 0.3) is 0 Å². The molecular weight excluding hydrogens is 276 g/mol. The topological polar surface area (TPSA) is 50.4 Å². The second kappa shape index (κ2) is 6.02. The first-order valence-electron chi connectivity index (χ1n) is 6.54. The number of carbonyl (C=O) groups is 1. The lowest BCUT2D eigenvalue weighted by Crippen LogP contribution is -2.35. The van der Waals surface area contributed by atoms with Crippen molar-refractivity contribution in [3.05, 3.63) is 28.8 Å². The summed E-state index contributed by atoms with van der Waals surface area (Å²) in [5.41, 5.74) is 0.748. The summed E-state index contributed by atoms with van der Waals surface area (Å²) >= 11 is 6.01. The number of anilines is 1. The highest BCUT2D eigenvalue weighted by molar-refractivity contribution is 6.31. The van der Waals surface area contributed by atoms with Gasteiger partial charge >= 0.3 is 6.09 Å². The average Bonchev–Trinajstić information content (AvgIpc) is 2.25. The molecule has 0 saturated carbocycles. The van der Waals surface area contributed by atoms with Gasteiger partial charge in [0.2, 0.25) is 0 Å². The van der Waals surface area contributed by atoms with E-state index in [0.29, 0.717) is 10.7 Å². The minimum Gasteiger partial charge on any atom is -0.444 e. The van der Waals surface area contributed by atoms with E-state index in [0.717, 1.165) is 5.56 Å². The SMILES string of the molecule is CNC(C)(C)c1ccc(Cl)cc1NC(=O)OC(C)(C)C. The fourth-order valence-corrected chi connectivity index (χ4v) is 1.89. The van der Waals surface area contributed by atoms with Gasteiger partial charge in [0.1, 0.15) is 5.60 Å². The number of ether oxygens (including phenoxy) is 1. The van der Waals surface area contributed by atoms with Crippen molar-refractivity contribution in [2.45, 2.75) is 45.8 Å². The standard InChI is InChI=1S/C15H23ClN2O2/c1-14(2,3)20-13(19)18-12-9-10(16)7-8-11(12)15(4,5)17-6/h7-9,17H,1-6H3,(H,18,19). The molecule has 0 aliphatic heterocycles. The molecule has 0 saturated heterocycles. The Morgan fingerprint density at radius 3 is 2.30 bits per heavy atom. The van der Waals surface area contributed by atoms with Crippen LogP contribution in [-0.4, -0.2) is 18.7 Å². The van der Waals surface area contributed by atoms with Crippen molar-refractivity contribution < 1.29 is 9.53 Å². The Hall–Kier alpha value is -1.26. The summed E-state index contributed by atoms with van der Waals surface area (Å²) in [4.78, 5) is 11.9. The van der Waals surface area contributed by atoms with E-state index in [2.05, 4.69) is 10.6 Å². The maximum Gasteiger partial charge on any atom is 0.412 e. The summed E-state index contributed by atoms with van der Waals surface area (Å²) in [6.07, 6.45) is -0.493. The lowest BCUT2D eigenvalue weighted by molar-refractivity contribution is 0.0635. The average molecular weight is 299 g/mol. The van der Waals surface area contributed by atoms with Crippen LogP contribution in [0.15, 0.2) is 18.2 Å². The van der Waals surface area contributed by atoms with Gasteiger partial charge in [-0.05, 0) is 59.4 Å². The number of carbonyl (C=O) groups excluding carboxylic acids is 1. The van der Waals surface area contributed by atoms with E-state index in [9.17, 15) is 4.79 Å². The van der Waals surface area contributed by atoms with E-state index in [-0.39, 0.29) is 5.54 Å². The van der Waals surface area contributed by atoms with Gasteiger partial charge in [-0.3, -0.25) is 5.32 Å². The number of hydrogen-bond acceptors (Lipinski definition) is 3. The van der Waals surface area contributed by atoms with Crippen molar-refractivity contribution in [2.75, 3.05) is 12.4 Å². The summed E-state index contributed by atoms with van der Waals surface area (Å²) < 4.78 is 5.27. The molecule has 0 heterocycles. The van der Waals surface area contributed by atoms with Crippen LogP contribution in [0.3, 0.4) is 0 Å². The predicted molar refractivity (Wildman–Crippen MR) is 83.4 cm³/mol. The van der Waals surface area contributed by atoms with Crippen LogP contribution in [0.5, 0.6) is 0 Å². The molecule has 0 aliphatic rings. The van der Waals surface area contributed by atoms with E-state index in [1.807, 2.05) is 47.7 Å². The van der Waals surface area contributed by atoms with Crippen molar-refractivity contribution in [3.63, 3.8) is 0 Å². The van der Waals surface area contributed by atoms with Gasteiger partial charge in [0.05, 0.1) is 5.69 Å². The zero-order valence-electron chi connectivity index (χ0n) is 12.9. The number of hydrogen-bond donors (Lipinski definition) is 2. The van der Waals surface area contributed by atoms with Crippen molar-refractivity contribution in [1.29, 1.82) is 0 Å². The molecule has 0 spiro atoms. The molecule has 20 heavy (non-hydrogen) atoms. The molecule has 1 aromatic carbocycles. The molecule has 4 nitrogen and oxygen atoms in total. The third-order valence-corrected chi connectivity index (χ3v) is 3.15. The number of benzene rings is 1. The second-order valence-electron chi connectivity index (χ2n) is 6.19. The molecule has 1 rings (SSSR count). The molecule has 0 atom stereocenters. The minimum absolute atomic E-state index is 0.297. The maximum atomic E-state index is 11.9. The van der Waals surface area contributed by atoms with Crippen LogP contribution in [0.1, 0.15) is 40.2 Å². The van der Waals surface area contributed by atoms with E-state index < -0.39 is 11.7 Å². The van der Waals surface area contributed by atoms with Crippen molar-refractivity contribution in [2.24, 2.45) is 0 Å². The van der Waals surface area contributed by atoms with E-state index >= 15 is 0 Å². The molecule has 1 aromatic rings. The lowest BCUT2D eigenvalue weighted by Gasteiger charge is -2.28. The van der Waals surface area contributed by atoms with Crippen molar-refractivity contribution >= 4 is 23.4 Å². The van der Waals surface area contributed by atoms with Crippen LogP contribution in [0, 0.1) is 0 Å². The largest absolute Gasteiger partial charge is 0.444 e. The molecule has 112 valence electrons. The predicted octanol–water partition coefficient (Wildman–Crippen LogP) is 4.14. The fourth-order valence-electron chi connectivity index (χ4n) is 1.71. The minimum atomic E-state index is -0.540. The molecule has 2 N–H and O–H groups in total. The molecular formula is C15H23ClN2O2. The molecule has 0 unspecified atom stereocenters. The summed E-state index contributed by atoms with van der Waals surface area (Å²) in [6, 6.07) is 5.42. The highest BCUT2D eigenvalue weighted by Gasteiger charge is 2.24. The summed E-state index contributed by atoms with van der Waals surface area (Å²) in [6.45, 7) is 9.52. The lowest BCUT2D eigenvalue weighted by atomic mass is 9.93. The number of amides is 1. The number of rotatable bonds is 3. The zero-order chi connectivity index (χ0) is 15.6. The smallest absolute Gasteiger partial charge is 0.412 e. The van der Waals surface area contributed by atoms with Gasteiger partial charge in [-0.1, -0.05) is 17.7 Å². The quantitative estimate of drug-likeness (QED) is 0.881. The molecule has 1 amide bonds. The second-order valence-corrected chi connectivity index (χ2v) is 6.63. The first-order chi connectivity index (χ1) is 9.05. The Kier molecular flexibility index (Phi) is 5.05. The first kappa shape index (κ1) is 16.8. The number of nitrogens with one attached hydrogen (secondary N) is 2. The highest BCUT2D eigenvalue weighted by atomic mass is 35.5. The molecule has 5 heteroatoms. The fraction of sp³-hybridized carbons (Fsp3) is 0.533. The van der Waals surface area contributed by atoms with Crippen LogP contribution in [0.25, 0.3) is 0 Å². The summed E-state index contributed by atoms with van der Waals surface area (Å²) in [5.74, 6) is 0. The highest BCUT2D eigenvalue weighted by Crippen LogP contribution is 2.30. The van der Waals surface area contributed by atoms with Crippen LogP contribution in [0.2, 0.25) is 5.02 Å². The van der Waals surface area contributed by atoms with Crippen molar-refractivity contribution in [3.8, 4) is 0 Å². The van der Waals surface area contributed by atoms with Crippen LogP contribution >= 0.6 is 11.6 Å². The maximum absolute atomic E-state index is 11.9. The molecule has 0 aliphatic carbocycles. The zero-order valence-corrected chi connectivity index (χ0v) is 13.7. The van der Waals surface area contributed by atoms with Gasteiger partial charge in [-0.2, -0.15) is 0 Å². The molecule has 0 fully saturated rings. The molecule has 0 bridgehead atoms.